The van der Waals surface area contributed by atoms with Gasteiger partial charge in [-0.2, -0.15) is 0 Å². The van der Waals surface area contributed by atoms with Crippen LogP contribution >= 0.6 is 0 Å². The van der Waals surface area contributed by atoms with Crippen LogP contribution in [-0.4, -0.2) is 32.3 Å². The summed E-state index contributed by atoms with van der Waals surface area (Å²) in [6.07, 6.45) is 0. The number of benzene rings is 1. The van der Waals surface area contributed by atoms with Gasteiger partial charge in [-0.15, -0.1) is 0 Å². The van der Waals surface area contributed by atoms with E-state index in [1.54, 1.807) is 0 Å². The summed E-state index contributed by atoms with van der Waals surface area (Å²) >= 11 is 0. The first-order chi connectivity index (χ1) is 7.70. The molecule has 0 unspecified atom stereocenters. The van der Waals surface area contributed by atoms with Crippen molar-refractivity contribution in [1.82, 2.24) is 0 Å². The summed E-state index contributed by atoms with van der Waals surface area (Å²) in [6.45, 7) is 1.13. The minimum Gasteiger partial charge on any atom is -0.465 e. The normalized spacial score (nSPS) is 15.4. The average molecular weight is 225 g/mol. The van der Waals surface area contributed by atoms with Crippen LogP contribution in [0.25, 0.3) is 0 Å². The zero-order chi connectivity index (χ0) is 11.5. The predicted molar refractivity (Wildman–Crippen MR) is 56.0 cm³/mol. The molecule has 0 atom stereocenters. The van der Waals surface area contributed by atoms with E-state index in [9.17, 15) is 9.18 Å². The summed E-state index contributed by atoms with van der Waals surface area (Å²) in [4.78, 5) is 11.4. The fourth-order valence-electron chi connectivity index (χ4n) is 1.46. The van der Waals surface area contributed by atoms with Gasteiger partial charge in [0.2, 0.25) is 0 Å². The first-order valence-corrected chi connectivity index (χ1v) is 4.93. The predicted octanol–water partition coefficient (Wildman–Crippen LogP) is 1.42. The van der Waals surface area contributed by atoms with Crippen LogP contribution in [0.1, 0.15) is 10.4 Å². The van der Waals surface area contributed by atoms with Gasteiger partial charge in [0.15, 0.2) is 0 Å². The first kappa shape index (κ1) is 10.9. The zero-order valence-electron chi connectivity index (χ0n) is 8.83. The summed E-state index contributed by atoms with van der Waals surface area (Å²) in [5, 5.41) is 3.04. The molecule has 1 aliphatic heterocycles. The largest absolute Gasteiger partial charge is 0.465 e. The third-order valence-electron chi connectivity index (χ3n) is 2.38. The van der Waals surface area contributed by atoms with Gasteiger partial charge in [-0.05, 0) is 18.2 Å². The smallest absolute Gasteiger partial charge is 0.339 e. The summed E-state index contributed by atoms with van der Waals surface area (Å²) in [7, 11) is 1.29. The number of hydrogen-bond donors (Lipinski definition) is 1. The van der Waals surface area contributed by atoms with Crippen molar-refractivity contribution in [1.29, 1.82) is 0 Å². The van der Waals surface area contributed by atoms with E-state index in [-0.39, 0.29) is 6.04 Å². The molecular weight excluding hydrogens is 213 g/mol. The minimum atomic E-state index is -0.484. The Balaban J connectivity index is 2.24. The second kappa shape index (κ2) is 4.49. The highest BCUT2D eigenvalue weighted by molar-refractivity contribution is 5.95. The number of carbonyl (C=O) groups excluding carboxylic acids is 1. The van der Waals surface area contributed by atoms with Crippen molar-refractivity contribution in [2.75, 3.05) is 25.6 Å². The van der Waals surface area contributed by atoms with Gasteiger partial charge >= 0.3 is 5.97 Å². The molecule has 0 radical (unpaired) electrons. The van der Waals surface area contributed by atoms with Crippen molar-refractivity contribution < 1.29 is 18.7 Å². The van der Waals surface area contributed by atoms with Gasteiger partial charge in [0.25, 0.3) is 0 Å². The molecule has 1 saturated heterocycles. The van der Waals surface area contributed by atoms with E-state index in [1.165, 1.54) is 25.3 Å². The lowest BCUT2D eigenvalue weighted by Crippen LogP contribution is -2.40. The average Bonchev–Trinajstić information content (AvgIpc) is 2.22. The molecule has 1 aliphatic rings. The summed E-state index contributed by atoms with van der Waals surface area (Å²) in [5.74, 6) is -0.877. The van der Waals surface area contributed by atoms with E-state index in [0.29, 0.717) is 24.5 Å². The van der Waals surface area contributed by atoms with Crippen molar-refractivity contribution in [3.8, 4) is 0 Å². The van der Waals surface area contributed by atoms with Crippen molar-refractivity contribution in [3.63, 3.8) is 0 Å². The lowest BCUT2D eigenvalue weighted by Gasteiger charge is -2.28. The molecule has 4 nitrogen and oxygen atoms in total. The van der Waals surface area contributed by atoms with E-state index >= 15 is 0 Å². The van der Waals surface area contributed by atoms with Crippen molar-refractivity contribution >= 4 is 11.7 Å². The molecule has 2 rings (SSSR count). The Labute approximate surface area is 92.4 Å². The Hall–Kier alpha value is -1.62. The number of nitrogens with one attached hydrogen (secondary N) is 1. The number of anilines is 1. The third kappa shape index (κ3) is 2.14. The molecule has 0 bridgehead atoms. The summed E-state index contributed by atoms with van der Waals surface area (Å²) in [5.41, 5.74) is 0.774. The van der Waals surface area contributed by atoms with E-state index in [4.69, 9.17) is 4.74 Å². The van der Waals surface area contributed by atoms with E-state index in [2.05, 4.69) is 10.1 Å². The van der Waals surface area contributed by atoms with Crippen LogP contribution in [0.2, 0.25) is 0 Å². The zero-order valence-corrected chi connectivity index (χ0v) is 8.83. The number of carbonyl (C=O) groups is 1. The Morgan fingerprint density at radius 2 is 2.31 bits per heavy atom. The first-order valence-electron chi connectivity index (χ1n) is 4.93. The SMILES string of the molecule is COC(=O)c1ccc(F)cc1NC1COC1. The molecule has 1 heterocycles. The van der Waals surface area contributed by atoms with Gasteiger partial charge in [-0.3, -0.25) is 0 Å². The van der Waals surface area contributed by atoms with Crippen LogP contribution in [0.4, 0.5) is 10.1 Å². The number of esters is 1. The number of ether oxygens (including phenoxy) is 2. The van der Waals surface area contributed by atoms with E-state index in [0.717, 1.165) is 0 Å². The van der Waals surface area contributed by atoms with E-state index in [1.807, 2.05) is 0 Å². The molecule has 1 fully saturated rings. The molecule has 16 heavy (non-hydrogen) atoms. The highest BCUT2D eigenvalue weighted by Crippen LogP contribution is 2.20. The fourth-order valence-corrected chi connectivity index (χ4v) is 1.46. The minimum absolute atomic E-state index is 0.130. The van der Waals surface area contributed by atoms with Crippen LogP contribution in [0.3, 0.4) is 0 Å². The van der Waals surface area contributed by atoms with Gasteiger partial charge in [-0.25, -0.2) is 9.18 Å². The standard InChI is InChI=1S/C11H12FNO3/c1-15-11(14)9-3-2-7(12)4-10(9)13-8-5-16-6-8/h2-4,8,13H,5-6H2,1H3. The molecule has 1 N–H and O–H groups in total. The van der Waals surface area contributed by atoms with Crippen LogP contribution in [0.5, 0.6) is 0 Å². The van der Waals surface area contributed by atoms with Gasteiger partial charge < -0.3 is 14.8 Å². The molecule has 0 amide bonds. The molecule has 1 aromatic rings. The Bertz CT molecular complexity index is 404. The Kier molecular flexibility index (Phi) is 3.05. The van der Waals surface area contributed by atoms with Crippen molar-refractivity contribution in [2.45, 2.75) is 6.04 Å². The maximum atomic E-state index is 13.1. The number of halogens is 1. The molecule has 0 aromatic heterocycles. The third-order valence-corrected chi connectivity index (χ3v) is 2.38. The number of rotatable bonds is 3. The Morgan fingerprint density at radius 3 is 2.88 bits per heavy atom. The molecule has 0 aliphatic carbocycles. The molecule has 0 spiro atoms. The lowest BCUT2D eigenvalue weighted by molar-refractivity contribution is 0.0210. The number of methoxy groups -OCH3 is 1. The molecule has 86 valence electrons. The van der Waals surface area contributed by atoms with Gasteiger partial charge in [-0.1, -0.05) is 0 Å². The van der Waals surface area contributed by atoms with Gasteiger partial charge in [0.1, 0.15) is 5.82 Å². The number of hydrogen-bond acceptors (Lipinski definition) is 4. The second-order valence-electron chi connectivity index (χ2n) is 3.56. The van der Waals surface area contributed by atoms with Crippen LogP contribution < -0.4 is 5.32 Å². The highest BCUT2D eigenvalue weighted by atomic mass is 19.1. The van der Waals surface area contributed by atoms with E-state index < -0.39 is 11.8 Å². The second-order valence-corrected chi connectivity index (χ2v) is 3.56. The quantitative estimate of drug-likeness (QED) is 0.790. The topological polar surface area (TPSA) is 47.6 Å². The molecule has 0 saturated carbocycles. The molecule has 1 aromatic carbocycles. The maximum absolute atomic E-state index is 13.1. The van der Waals surface area contributed by atoms with Crippen LogP contribution in [0, 0.1) is 5.82 Å². The Morgan fingerprint density at radius 1 is 1.56 bits per heavy atom. The maximum Gasteiger partial charge on any atom is 0.339 e. The summed E-state index contributed by atoms with van der Waals surface area (Å²) < 4.78 is 22.7. The van der Waals surface area contributed by atoms with Crippen molar-refractivity contribution in [2.24, 2.45) is 0 Å². The molecular formula is C11H12FNO3. The van der Waals surface area contributed by atoms with Gasteiger partial charge in [0, 0.05) is 0 Å². The van der Waals surface area contributed by atoms with Crippen LogP contribution in [0.15, 0.2) is 18.2 Å². The molecule has 5 heteroatoms. The lowest BCUT2D eigenvalue weighted by atomic mass is 10.1. The monoisotopic (exact) mass is 225 g/mol. The fraction of sp³-hybridized carbons (Fsp3) is 0.364. The van der Waals surface area contributed by atoms with Crippen LogP contribution in [-0.2, 0) is 9.47 Å². The highest BCUT2D eigenvalue weighted by Gasteiger charge is 2.21. The van der Waals surface area contributed by atoms with Gasteiger partial charge in [0.05, 0.1) is 37.6 Å². The van der Waals surface area contributed by atoms with Crippen molar-refractivity contribution in [3.05, 3.63) is 29.6 Å². The summed E-state index contributed by atoms with van der Waals surface area (Å²) in [6, 6.07) is 4.05.